The van der Waals surface area contributed by atoms with Gasteiger partial charge in [-0.2, -0.15) is 13.2 Å². The molecule has 160 valence electrons. The molecule has 0 saturated heterocycles. The quantitative estimate of drug-likeness (QED) is 0.430. The van der Waals surface area contributed by atoms with Crippen LogP contribution in [0.2, 0.25) is 0 Å². The van der Waals surface area contributed by atoms with Gasteiger partial charge in [0.2, 0.25) is 5.82 Å². The van der Waals surface area contributed by atoms with Crippen LogP contribution in [0.15, 0.2) is 12.1 Å². The average molecular weight is 431 g/mol. The number of halogens is 5. The van der Waals surface area contributed by atoms with Gasteiger partial charge in [0.15, 0.2) is 11.6 Å². The molecule has 1 aromatic carbocycles. The SMILES string of the molecule is O=C(N[C@H]1CNc2cc(F)cc(F)c2OC1=O)c1nc2n(n1)[C@H](C(F)(F)F)CCC2. The monoisotopic (exact) mass is 431 g/mol. The van der Waals surface area contributed by atoms with Gasteiger partial charge in [-0.1, -0.05) is 0 Å². The van der Waals surface area contributed by atoms with Crippen LogP contribution >= 0.6 is 0 Å². The number of esters is 1. The molecule has 3 heterocycles. The second-order valence-electron chi connectivity index (χ2n) is 6.84. The van der Waals surface area contributed by atoms with Crippen molar-refractivity contribution in [3.63, 3.8) is 0 Å². The number of amides is 1. The minimum absolute atomic E-state index is 0.0141. The molecule has 2 aliphatic rings. The molecular formula is C17H14F5N5O3. The second kappa shape index (κ2) is 7.22. The molecule has 1 amide bonds. The fourth-order valence-electron chi connectivity index (χ4n) is 3.35. The van der Waals surface area contributed by atoms with Gasteiger partial charge in [-0.15, -0.1) is 5.10 Å². The summed E-state index contributed by atoms with van der Waals surface area (Å²) in [5.41, 5.74) is -0.124. The molecule has 8 nitrogen and oxygen atoms in total. The van der Waals surface area contributed by atoms with Gasteiger partial charge in [-0.25, -0.2) is 23.2 Å². The molecule has 0 saturated carbocycles. The number of hydrogen-bond donors (Lipinski definition) is 2. The first-order chi connectivity index (χ1) is 14.1. The number of anilines is 1. The molecule has 0 unspecified atom stereocenters. The van der Waals surface area contributed by atoms with Crippen molar-refractivity contribution in [3.8, 4) is 5.75 Å². The smallest absolute Gasteiger partial charge is 0.410 e. The predicted molar refractivity (Wildman–Crippen MR) is 89.8 cm³/mol. The molecule has 2 atom stereocenters. The average Bonchev–Trinajstić information content (AvgIpc) is 3.04. The Bertz CT molecular complexity index is 1020. The topological polar surface area (TPSA) is 98.1 Å². The zero-order valence-corrected chi connectivity index (χ0v) is 15.1. The number of rotatable bonds is 2. The lowest BCUT2D eigenvalue weighted by atomic mass is 10.1. The van der Waals surface area contributed by atoms with Crippen LogP contribution in [0.5, 0.6) is 5.75 Å². The predicted octanol–water partition coefficient (Wildman–Crippen LogP) is 2.13. The van der Waals surface area contributed by atoms with Crippen molar-refractivity contribution in [2.75, 3.05) is 11.9 Å². The molecule has 2 aromatic rings. The van der Waals surface area contributed by atoms with Crippen LogP contribution in [0.1, 0.15) is 35.3 Å². The van der Waals surface area contributed by atoms with E-state index in [1.54, 1.807) is 0 Å². The zero-order chi connectivity index (χ0) is 21.6. The van der Waals surface area contributed by atoms with Gasteiger partial charge in [-0.3, -0.25) is 4.79 Å². The molecule has 2 N–H and O–H groups in total. The highest BCUT2D eigenvalue weighted by Gasteiger charge is 2.44. The summed E-state index contributed by atoms with van der Waals surface area (Å²) in [6.45, 7) is -0.279. The van der Waals surface area contributed by atoms with Gasteiger partial charge in [0.05, 0.1) is 5.69 Å². The lowest BCUT2D eigenvalue weighted by Gasteiger charge is -2.25. The molecule has 0 fully saturated rings. The Morgan fingerprint density at radius 2 is 2.07 bits per heavy atom. The van der Waals surface area contributed by atoms with Crippen molar-refractivity contribution in [1.82, 2.24) is 20.1 Å². The van der Waals surface area contributed by atoms with Crippen LogP contribution in [0, 0.1) is 11.6 Å². The number of aryl methyl sites for hydroxylation is 1. The first-order valence-corrected chi connectivity index (χ1v) is 8.91. The minimum Gasteiger partial charge on any atom is -0.420 e. The van der Waals surface area contributed by atoms with Crippen LogP contribution in [-0.4, -0.2) is 45.4 Å². The number of nitrogens with one attached hydrogen (secondary N) is 2. The Morgan fingerprint density at radius 1 is 1.30 bits per heavy atom. The van der Waals surface area contributed by atoms with E-state index in [9.17, 15) is 31.5 Å². The van der Waals surface area contributed by atoms with E-state index in [4.69, 9.17) is 4.74 Å². The molecule has 30 heavy (non-hydrogen) atoms. The summed E-state index contributed by atoms with van der Waals surface area (Å²) in [5, 5.41) is 8.50. The number of nitrogens with zero attached hydrogens (tertiary/aromatic N) is 3. The normalized spacial score (nSPS) is 21.0. The van der Waals surface area contributed by atoms with Gasteiger partial charge >= 0.3 is 12.1 Å². The third-order valence-corrected chi connectivity index (χ3v) is 4.75. The fraction of sp³-hybridized carbons (Fsp3) is 0.412. The van der Waals surface area contributed by atoms with Crippen LogP contribution in [-0.2, 0) is 11.2 Å². The summed E-state index contributed by atoms with van der Waals surface area (Å²) in [6, 6.07) is -1.78. The maximum Gasteiger partial charge on any atom is 0.410 e. The summed E-state index contributed by atoms with van der Waals surface area (Å²) in [7, 11) is 0. The number of benzene rings is 1. The molecule has 2 aliphatic heterocycles. The number of aromatic nitrogens is 3. The fourth-order valence-corrected chi connectivity index (χ4v) is 3.35. The van der Waals surface area contributed by atoms with Crippen LogP contribution in [0.4, 0.5) is 27.6 Å². The van der Waals surface area contributed by atoms with Gasteiger partial charge < -0.3 is 15.4 Å². The molecular weight excluding hydrogens is 417 g/mol. The number of fused-ring (bicyclic) bond motifs is 2. The Balaban J connectivity index is 1.52. The highest BCUT2D eigenvalue weighted by Crippen LogP contribution is 2.37. The summed E-state index contributed by atoms with van der Waals surface area (Å²) >= 11 is 0. The Kier molecular flexibility index (Phi) is 4.82. The number of carbonyl (C=O) groups is 2. The molecule has 0 aliphatic carbocycles. The second-order valence-corrected chi connectivity index (χ2v) is 6.84. The van der Waals surface area contributed by atoms with Crippen molar-refractivity contribution in [2.45, 2.75) is 37.5 Å². The van der Waals surface area contributed by atoms with E-state index in [0.717, 1.165) is 6.07 Å². The van der Waals surface area contributed by atoms with E-state index < -0.39 is 53.3 Å². The van der Waals surface area contributed by atoms with Crippen LogP contribution in [0.25, 0.3) is 0 Å². The Morgan fingerprint density at radius 3 is 2.80 bits per heavy atom. The van der Waals surface area contributed by atoms with Crippen molar-refractivity contribution >= 4 is 17.6 Å². The van der Waals surface area contributed by atoms with E-state index in [1.807, 2.05) is 0 Å². The standard InChI is InChI=1S/C17H14F5N5O3/c18-7-4-8(19)13-9(5-7)23-6-10(16(29)30-13)24-15(28)14-25-12-3-1-2-11(17(20,21)22)27(12)26-14/h4-5,10-11,23H,1-3,6H2,(H,24,28)/t10-,11-/m0/s1. The van der Waals surface area contributed by atoms with Crippen molar-refractivity contribution in [3.05, 3.63) is 35.4 Å². The van der Waals surface area contributed by atoms with Crippen molar-refractivity contribution in [1.29, 1.82) is 0 Å². The summed E-state index contributed by atoms with van der Waals surface area (Å²) in [5.74, 6) is -5.10. The maximum absolute atomic E-state index is 13.8. The highest BCUT2D eigenvalue weighted by atomic mass is 19.4. The number of hydrogen-bond acceptors (Lipinski definition) is 6. The molecule has 13 heteroatoms. The minimum atomic E-state index is -4.54. The highest BCUT2D eigenvalue weighted by molar-refractivity contribution is 5.94. The largest absolute Gasteiger partial charge is 0.420 e. The summed E-state index contributed by atoms with van der Waals surface area (Å²) < 4.78 is 72.3. The molecule has 0 radical (unpaired) electrons. The lowest BCUT2D eigenvalue weighted by molar-refractivity contribution is -0.174. The third-order valence-electron chi connectivity index (χ3n) is 4.75. The first-order valence-electron chi connectivity index (χ1n) is 8.91. The molecule has 1 aromatic heterocycles. The third kappa shape index (κ3) is 3.66. The number of alkyl halides is 3. The van der Waals surface area contributed by atoms with Gasteiger partial charge in [0, 0.05) is 25.1 Å². The number of ether oxygens (including phenoxy) is 1. The van der Waals surface area contributed by atoms with Crippen molar-refractivity contribution < 1.29 is 36.3 Å². The summed E-state index contributed by atoms with van der Waals surface area (Å²) in [4.78, 5) is 28.5. The Hall–Kier alpha value is -3.25. The van der Waals surface area contributed by atoms with Crippen molar-refractivity contribution in [2.24, 2.45) is 0 Å². The van der Waals surface area contributed by atoms with E-state index in [2.05, 4.69) is 20.7 Å². The molecule has 0 spiro atoms. The summed E-state index contributed by atoms with van der Waals surface area (Å²) in [6.07, 6.45) is -4.26. The van der Waals surface area contributed by atoms with E-state index in [0.29, 0.717) is 10.7 Å². The van der Waals surface area contributed by atoms with E-state index in [-0.39, 0.29) is 37.3 Å². The first kappa shape index (κ1) is 20.0. The Labute approximate surface area is 165 Å². The molecule has 0 bridgehead atoms. The number of carbonyl (C=O) groups excluding carboxylic acids is 2. The molecule has 4 rings (SSSR count). The van der Waals surface area contributed by atoms with Crippen LogP contribution in [0.3, 0.4) is 0 Å². The van der Waals surface area contributed by atoms with Crippen LogP contribution < -0.4 is 15.4 Å². The zero-order valence-electron chi connectivity index (χ0n) is 15.1. The van der Waals surface area contributed by atoms with Gasteiger partial charge in [-0.05, 0) is 12.8 Å². The van der Waals surface area contributed by atoms with E-state index >= 15 is 0 Å². The lowest BCUT2D eigenvalue weighted by Crippen LogP contribution is -2.46. The van der Waals surface area contributed by atoms with Gasteiger partial charge in [0.25, 0.3) is 5.91 Å². The maximum atomic E-state index is 13.8. The van der Waals surface area contributed by atoms with E-state index in [1.165, 1.54) is 0 Å². The van der Waals surface area contributed by atoms with Gasteiger partial charge in [0.1, 0.15) is 23.7 Å².